The summed E-state index contributed by atoms with van der Waals surface area (Å²) in [6.45, 7) is 8.24. The van der Waals surface area contributed by atoms with Crippen molar-refractivity contribution in [3.8, 4) is 0 Å². The average molecular weight is 269 g/mol. The molecular formula is C15H19N5. The maximum absolute atomic E-state index is 4.28. The van der Waals surface area contributed by atoms with Crippen LogP contribution in [0.2, 0.25) is 0 Å². The van der Waals surface area contributed by atoms with Crippen molar-refractivity contribution in [3.63, 3.8) is 0 Å². The van der Waals surface area contributed by atoms with Crippen LogP contribution in [-0.2, 0) is 5.41 Å². The zero-order valence-electron chi connectivity index (χ0n) is 12.3. The standard InChI is InChI=1S/C15H19N5/c1-11(12-6-5-9-16-10-12)17-19-14-8-7-13(18-20-14)15(2,3)4/h5-10H,1-4H3,(H,19,20)/b17-11+. The predicted molar refractivity (Wildman–Crippen MR) is 80.8 cm³/mol. The van der Waals surface area contributed by atoms with Crippen molar-refractivity contribution < 1.29 is 0 Å². The second-order valence-electron chi connectivity index (χ2n) is 5.60. The highest BCUT2D eigenvalue weighted by Crippen LogP contribution is 2.19. The number of pyridine rings is 1. The molecule has 0 aliphatic rings. The zero-order valence-corrected chi connectivity index (χ0v) is 12.3. The van der Waals surface area contributed by atoms with Gasteiger partial charge in [0, 0.05) is 23.4 Å². The number of aromatic nitrogens is 3. The number of hydrazone groups is 1. The number of hydrogen-bond donors (Lipinski definition) is 1. The lowest BCUT2D eigenvalue weighted by Gasteiger charge is -2.16. The Morgan fingerprint density at radius 3 is 2.50 bits per heavy atom. The molecule has 0 saturated carbocycles. The number of hydrogen-bond acceptors (Lipinski definition) is 5. The molecule has 0 bridgehead atoms. The first-order valence-corrected chi connectivity index (χ1v) is 6.52. The minimum atomic E-state index is 0.000419. The Labute approximate surface area is 119 Å². The predicted octanol–water partition coefficient (Wildman–Crippen LogP) is 3.01. The largest absolute Gasteiger partial charge is 0.264 e. The summed E-state index contributed by atoms with van der Waals surface area (Å²) in [5.74, 6) is 0.626. The van der Waals surface area contributed by atoms with E-state index in [1.165, 1.54) is 0 Å². The molecule has 0 aromatic carbocycles. The van der Waals surface area contributed by atoms with Gasteiger partial charge in [0.05, 0.1) is 11.4 Å². The molecule has 20 heavy (non-hydrogen) atoms. The van der Waals surface area contributed by atoms with Gasteiger partial charge in [-0.15, -0.1) is 5.10 Å². The molecule has 104 valence electrons. The minimum Gasteiger partial charge on any atom is -0.264 e. The van der Waals surface area contributed by atoms with E-state index in [1.807, 2.05) is 31.2 Å². The third kappa shape index (κ3) is 3.60. The molecular weight excluding hydrogens is 250 g/mol. The van der Waals surface area contributed by atoms with Crippen molar-refractivity contribution in [1.82, 2.24) is 15.2 Å². The van der Waals surface area contributed by atoms with Crippen LogP contribution in [0.25, 0.3) is 0 Å². The van der Waals surface area contributed by atoms with Crippen LogP contribution < -0.4 is 5.43 Å². The van der Waals surface area contributed by atoms with Gasteiger partial charge in [-0.3, -0.25) is 10.4 Å². The second kappa shape index (κ2) is 5.77. The molecule has 0 radical (unpaired) electrons. The number of nitrogens with one attached hydrogen (secondary N) is 1. The first-order chi connectivity index (χ1) is 9.47. The van der Waals surface area contributed by atoms with Gasteiger partial charge in [-0.2, -0.15) is 10.2 Å². The van der Waals surface area contributed by atoms with Crippen molar-refractivity contribution in [2.45, 2.75) is 33.1 Å². The van der Waals surface area contributed by atoms with Gasteiger partial charge in [-0.05, 0) is 25.1 Å². The molecule has 0 aliphatic heterocycles. The molecule has 0 unspecified atom stereocenters. The topological polar surface area (TPSA) is 63.1 Å². The summed E-state index contributed by atoms with van der Waals surface area (Å²) in [5.41, 5.74) is 5.68. The molecule has 0 aliphatic carbocycles. The monoisotopic (exact) mass is 269 g/mol. The molecule has 2 aromatic heterocycles. The van der Waals surface area contributed by atoms with Gasteiger partial charge in [-0.25, -0.2) is 0 Å². The third-order valence-corrected chi connectivity index (χ3v) is 2.85. The maximum Gasteiger partial charge on any atom is 0.168 e. The Morgan fingerprint density at radius 1 is 1.15 bits per heavy atom. The maximum atomic E-state index is 4.28. The van der Waals surface area contributed by atoms with E-state index in [0.29, 0.717) is 5.82 Å². The molecule has 1 N–H and O–H groups in total. The fourth-order valence-corrected chi connectivity index (χ4v) is 1.57. The van der Waals surface area contributed by atoms with E-state index < -0.39 is 0 Å². The molecule has 0 atom stereocenters. The van der Waals surface area contributed by atoms with Crippen molar-refractivity contribution in [2.24, 2.45) is 5.10 Å². The molecule has 0 saturated heterocycles. The fraction of sp³-hybridized carbons (Fsp3) is 0.333. The molecule has 2 heterocycles. The van der Waals surface area contributed by atoms with E-state index in [9.17, 15) is 0 Å². The lowest BCUT2D eigenvalue weighted by Crippen LogP contribution is -2.14. The van der Waals surface area contributed by atoms with Gasteiger partial charge in [0.25, 0.3) is 0 Å². The summed E-state index contributed by atoms with van der Waals surface area (Å²) < 4.78 is 0. The summed E-state index contributed by atoms with van der Waals surface area (Å²) in [7, 11) is 0. The highest BCUT2D eigenvalue weighted by molar-refractivity contribution is 5.98. The molecule has 0 fully saturated rings. The molecule has 5 nitrogen and oxygen atoms in total. The lowest BCUT2D eigenvalue weighted by atomic mass is 9.92. The highest BCUT2D eigenvalue weighted by Gasteiger charge is 2.15. The van der Waals surface area contributed by atoms with E-state index in [2.05, 4.69) is 46.5 Å². The van der Waals surface area contributed by atoms with Crippen LogP contribution in [0.3, 0.4) is 0 Å². The zero-order chi connectivity index (χ0) is 14.6. The number of nitrogens with zero attached hydrogens (tertiary/aromatic N) is 4. The minimum absolute atomic E-state index is 0.000419. The van der Waals surface area contributed by atoms with Crippen LogP contribution >= 0.6 is 0 Å². The lowest BCUT2D eigenvalue weighted by molar-refractivity contribution is 0.559. The van der Waals surface area contributed by atoms with Gasteiger partial charge in [-0.1, -0.05) is 26.8 Å². The summed E-state index contributed by atoms with van der Waals surface area (Å²) >= 11 is 0. The summed E-state index contributed by atoms with van der Waals surface area (Å²) in [5, 5.41) is 12.6. The number of rotatable bonds is 3. The van der Waals surface area contributed by atoms with Crippen molar-refractivity contribution in [3.05, 3.63) is 47.9 Å². The van der Waals surface area contributed by atoms with Crippen LogP contribution in [0, 0.1) is 0 Å². The van der Waals surface area contributed by atoms with Gasteiger partial charge in [0.1, 0.15) is 0 Å². The normalized spacial score (nSPS) is 12.3. The summed E-state index contributed by atoms with van der Waals surface area (Å²) in [4.78, 5) is 4.06. The van der Waals surface area contributed by atoms with Gasteiger partial charge in [0.15, 0.2) is 5.82 Å². The van der Waals surface area contributed by atoms with Crippen LogP contribution in [-0.4, -0.2) is 20.9 Å². The number of anilines is 1. The Kier molecular flexibility index (Phi) is 4.08. The summed E-state index contributed by atoms with van der Waals surface area (Å²) in [6.07, 6.45) is 3.51. The Hall–Kier alpha value is -2.30. The van der Waals surface area contributed by atoms with Crippen molar-refractivity contribution in [1.29, 1.82) is 0 Å². The van der Waals surface area contributed by atoms with E-state index in [4.69, 9.17) is 0 Å². The van der Waals surface area contributed by atoms with Crippen LogP contribution in [0.5, 0.6) is 0 Å². The first-order valence-electron chi connectivity index (χ1n) is 6.52. The van der Waals surface area contributed by atoms with E-state index in [0.717, 1.165) is 17.0 Å². The van der Waals surface area contributed by atoms with Crippen LogP contribution in [0.15, 0.2) is 41.8 Å². The van der Waals surface area contributed by atoms with E-state index >= 15 is 0 Å². The van der Waals surface area contributed by atoms with E-state index in [1.54, 1.807) is 12.4 Å². The van der Waals surface area contributed by atoms with Crippen molar-refractivity contribution in [2.75, 3.05) is 5.43 Å². The molecule has 0 amide bonds. The fourth-order valence-electron chi connectivity index (χ4n) is 1.57. The van der Waals surface area contributed by atoms with Gasteiger partial charge in [0.2, 0.25) is 0 Å². The Morgan fingerprint density at radius 2 is 1.95 bits per heavy atom. The second-order valence-corrected chi connectivity index (χ2v) is 5.60. The van der Waals surface area contributed by atoms with Crippen LogP contribution in [0.1, 0.15) is 39.0 Å². The van der Waals surface area contributed by atoms with Crippen LogP contribution in [0.4, 0.5) is 5.82 Å². The Balaban J connectivity index is 2.08. The quantitative estimate of drug-likeness (QED) is 0.687. The van der Waals surface area contributed by atoms with Gasteiger partial charge >= 0.3 is 0 Å². The molecule has 2 aromatic rings. The van der Waals surface area contributed by atoms with E-state index in [-0.39, 0.29) is 5.41 Å². The average Bonchev–Trinajstić information content (AvgIpc) is 2.45. The van der Waals surface area contributed by atoms with Gasteiger partial charge < -0.3 is 0 Å². The first kappa shape index (κ1) is 14.1. The smallest absolute Gasteiger partial charge is 0.168 e. The SMILES string of the molecule is C/C(=N\Nc1ccc(C(C)(C)C)nn1)c1cccnc1. The Bertz CT molecular complexity index is 582. The third-order valence-electron chi connectivity index (χ3n) is 2.85. The molecule has 5 heteroatoms. The molecule has 2 rings (SSSR count). The van der Waals surface area contributed by atoms with Crippen molar-refractivity contribution >= 4 is 11.5 Å². The summed E-state index contributed by atoms with van der Waals surface area (Å²) in [6, 6.07) is 7.69. The highest BCUT2D eigenvalue weighted by atomic mass is 15.3. The molecule has 0 spiro atoms.